The fourth-order valence-electron chi connectivity index (χ4n) is 5.58. The number of hydrogen-bond acceptors (Lipinski definition) is 11. The molecule has 2 aliphatic rings. The molecular formula is C37H45N5O6SSi. The van der Waals surface area contributed by atoms with Gasteiger partial charge in [-0.05, 0) is 67.4 Å². The lowest BCUT2D eigenvalue weighted by Crippen LogP contribution is -2.35. The van der Waals surface area contributed by atoms with Gasteiger partial charge in [0.1, 0.15) is 36.0 Å². The molecule has 0 spiro atoms. The number of nitrogens with one attached hydrogen (secondary N) is 1. The van der Waals surface area contributed by atoms with Gasteiger partial charge in [-0.25, -0.2) is 4.79 Å². The summed E-state index contributed by atoms with van der Waals surface area (Å²) in [6.07, 6.45) is 11.1. The molecule has 0 saturated carbocycles. The van der Waals surface area contributed by atoms with E-state index in [4.69, 9.17) is 23.9 Å². The van der Waals surface area contributed by atoms with Crippen molar-refractivity contribution in [2.45, 2.75) is 58.6 Å². The number of rotatable bonds is 13. The Morgan fingerprint density at radius 1 is 1.06 bits per heavy atom. The number of thioether (sulfide) groups is 1. The van der Waals surface area contributed by atoms with Crippen LogP contribution in [0, 0.1) is 39.4 Å². The molecule has 50 heavy (non-hydrogen) atoms. The van der Waals surface area contributed by atoms with Crippen LogP contribution in [0.3, 0.4) is 0 Å². The molecule has 0 radical (unpaired) electrons. The molecule has 1 aromatic rings. The van der Waals surface area contributed by atoms with Crippen LogP contribution in [0.1, 0.15) is 52.5 Å². The molecule has 0 fully saturated rings. The molecule has 0 atom stereocenters. The summed E-state index contributed by atoms with van der Waals surface area (Å²) in [6, 6.07) is 13.9. The number of ether oxygens (including phenoxy) is 2. The van der Waals surface area contributed by atoms with Gasteiger partial charge in [-0.1, -0.05) is 56.4 Å². The summed E-state index contributed by atoms with van der Waals surface area (Å²) >= 11 is 1.58. The van der Waals surface area contributed by atoms with Crippen LogP contribution in [-0.4, -0.2) is 67.9 Å². The highest BCUT2D eigenvalue weighted by Gasteiger charge is 2.38. The zero-order valence-electron chi connectivity index (χ0n) is 29.4. The predicted molar refractivity (Wildman–Crippen MR) is 197 cm³/mol. The molecule has 1 heterocycles. The predicted octanol–water partition coefficient (Wildman–Crippen LogP) is 6.02. The zero-order valence-corrected chi connectivity index (χ0v) is 31.2. The summed E-state index contributed by atoms with van der Waals surface area (Å²) < 4.78 is 11.3. The molecule has 0 saturated heterocycles. The Balaban J connectivity index is 1.93. The second kappa shape index (κ2) is 17.4. The molecule has 1 amide bonds. The van der Waals surface area contributed by atoms with E-state index in [1.807, 2.05) is 43.3 Å². The SMILES string of the molecule is CN(C)c1ccc(/C=C/C2=C(SCCOC(=O)NCCC[Si](O)(O)O)C(=C/C=C/C3=C(C#N)C(=C(C#N)C#N)OC3(C)C)/CC(C)(C)C2)cc1. The summed E-state index contributed by atoms with van der Waals surface area (Å²) in [5.41, 5.74) is 3.84. The minimum absolute atomic E-state index is 0.00929. The normalized spacial score (nSPS) is 17.8. The molecule has 1 aliphatic carbocycles. The largest absolute Gasteiger partial charge is 0.492 e. The monoisotopic (exact) mass is 715 g/mol. The summed E-state index contributed by atoms with van der Waals surface area (Å²) in [5.74, 6) is 0.466. The molecule has 0 unspecified atom stereocenters. The molecule has 0 bridgehead atoms. The highest BCUT2D eigenvalue weighted by atomic mass is 32.2. The van der Waals surface area contributed by atoms with Gasteiger partial charge in [0.05, 0.1) is 0 Å². The fraction of sp³-hybridized carbons (Fsp3) is 0.405. The maximum atomic E-state index is 12.2. The molecule has 264 valence electrons. The average molecular weight is 716 g/mol. The summed E-state index contributed by atoms with van der Waals surface area (Å²) in [7, 11) is -0.151. The molecule has 13 heteroatoms. The lowest BCUT2D eigenvalue weighted by Gasteiger charge is -2.34. The first kappa shape index (κ1) is 39.9. The topological polar surface area (TPSA) is 183 Å². The Bertz CT molecular complexity index is 1730. The molecule has 1 aliphatic heterocycles. The van der Waals surface area contributed by atoms with E-state index < -0.39 is 20.5 Å². The van der Waals surface area contributed by atoms with E-state index >= 15 is 0 Å². The van der Waals surface area contributed by atoms with Gasteiger partial charge in [-0.2, -0.15) is 15.8 Å². The summed E-state index contributed by atoms with van der Waals surface area (Å²) in [6.45, 7) is 8.27. The smallest absolute Gasteiger partial charge is 0.480 e. The van der Waals surface area contributed by atoms with Gasteiger partial charge >= 0.3 is 14.9 Å². The highest BCUT2D eigenvalue weighted by molar-refractivity contribution is 8.03. The Kier molecular flexibility index (Phi) is 13.9. The number of allylic oxidation sites excluding steroid dienone is 7. The van der Waals surface area contributed by atoms with Gasteiger partial charge < -0.3 is 34.1 Å². The van der Waals surface area contributed by atoms with E-state index in [9.17, 15) is 20.6 Å². The molecule has 11 nitrogen and oxygen atoms in total. The maximum Gasteiger partial charge on any atom is 0.492 e. The number of hydrogen-bond donors (Lipinski definition) is 4. The van der Waals surface area contributed by atoms with Crippen LogP contribution in [-0.2, 0) is 9.47 Å². The van der Waals surface area contributed by atoms with Gasteiger partial charge in [0.15, 0.2) is 11.3 Å². The third-order valence-electron chi connectivity index (χ3n) is 7.95. The number of alkyl carbamates (subject to hydrolysis) is 1. The van der Waals surface area contributed by atoms with E-state index in [0.29, 0.717) is 11.3 Å². The third-order valence-corrected chi connectivity index (χ3v) is 10.2. The van der Waals surface area contributed by atoms with Gasteiger partial charge in [-0.15, -0.1) is 11.8 Å². The Hall–Kier alpha value is -4.55. The van der Waals surface area contributed by atoms with Crippen molar-refractivity contribution in [3.8, 4) is 18.2 Å². The van der Waals surface area contributed by atoms with Crippen LogP contribution in [0.4, 0.5) is 10.5 Å². The maximum absolute atomic E-state index is 12.2. The lowest BCUT2D eigenvalue weighted by atomic mass is 9.74. The number of amides is 1. The quantitative estimate of drug-likeness (QED) is 0.106. The standard InChI is InChI=1S/C37H45N5O6SSi/c1-36(2)21-27(9-7-10-32-31(25-40)33(29(23-38)24-39)48-37(32,3)4)34(49-19-18-47-35(43)41-17-8-20-50(44,45)46)28(22-36)14-11-26-12-15-30(16-13-26)42(5)6/h7,9-16,44-46H,8,17-22H2,1-6H3,(H,41,43)/b10-7+,14-11+,27-9+. The van der Waals surface area contributed by atoms with Crippen LogP contribution < -0.4 is 10.2 Å². The van der Waals surface area contributed by atoms with E-state index in [0.717, 1.165) is 40.1 Å². The van der Waals surface area contributed by atoms with Gasteiger partial charge in [0, 0.05) is 48.6 Å². The number of benzene rings is 1. The van der Waals surface area contributed by atoms with Crippen LogP contribution in [0.15, 0.2) is 87.1 Å². The highest BCUT2D eigenvalue weighted by Crippen LogP contribution is 2.47. The van der Waals surface area contributed by atoms with Crippen molar-refractivity contribution in [2.24, 2.45) is 5.41 Å². The van der Waals surface area contributed by atoms with Crippen molar-refractivity contribution in [3.63, 3.8) is 0 Å². The molecule has 1 aromatic carbocycles. The Morgan fingerprint density at radius 2 is 1.74 bits per heavy atom. The van der Waals surface area contributed by atoms with Crippen molar-refractivity contribution in [2.75, 3.05) is 37.9 Å². The van der Waals surface area contributed by atoms with Crippen LogP contribution in [0.2, 0.25) is 6.04 Å². The van der Waals surface area contributed by atoms with E-state index in [2.05, 4.69) is 61.7 Å². The van der Waals surface area contributed by atoms with Crippen LogP contribution in [0.25, 0.3) is 6.08 Å². The van der Waals surface area contributed by atoms with E-state index in [1.54, 1.807) is 31.7 Å². The first-order valence-corrected chi connectivity index (χ1v) is 19.2. The van der Waals surface area contributed by atoms with E-state index in [-0.39, 0.29) is 47.9 Å². The van der Waals surface area contributed by atoms with Gasteiger partial charge in [-0.3, -0.25) is 0 Å². The van der Waals surface area contributed by atoms with Crippen molar-refractivity contribution in [1.29, 1.82) is 15.8 Å². The molecule has 3 rings (SSSR count). The number of carbonyl (C=O) groups excluding carboxylic acids is 1. The number of nitrogens with zero attached hydrogens (tertiary/aromatic N) is 4. The number of anilines is 1. The van der Waals surface area contributed by atoms with Crippen molar-refractivity contribution in [3.05, 3.63) is 92.7 Å². The van der Waals surface area contributed by atoms with Gasteiger partial charge in [0.25, 0.3) is 0 Å². The average Bonchev–Trinajstić information content (AvgIpc) is 3.29. The van der Waals surface area contributed by atoms with Crippen LogP contribution in [0.5, 0.6) is 0 Å². The minimum atomic E-state index is -4.15. The molecule has 0 aromatic heterocycles. The van der Waals surface area contributed by atoms with E-state index in [1.165, 1.54) is 0 Å². The number of nitriles is 3. The Morgan fingerprint density at radius 3 is 2.34 bits per heavy atom. The van der Waals surface area contributed by atoms with Gasteiger partial charge in [0.2, 0.25) is 0 Å². The fourth-order valence-corrected chi connectivity index (χ4v) is 7.26. The van der Waals surface area contributed by atoms with Crippen molar-refractivity contribution >= 4 is 38.4 Å². The van der Waals surface area contributed by atoms with Crippen molar-refractivity contribution < 1.29 is 28.7 Å². The second-order valence-corrected chi connectivity index (χ2v) is 16.6. The summed E-state index contributed by atoms with van der Waals surface area (Å²) in [4.78, 5) is 42.7. The lowest BCUT2D eigenvalue weighted by molar-refractivity contribution is 0.0954. The number of carbonyl (C=O) groups is 1. The van der Waals surface area contributed by atoms with Crippen LogP contribution >= 0.6 is 11.8 Å². The molecular weight excluding hydrogens is 671 g/mol. The first-order valence-electron chi connectivity index (χ1n) is 16.2. The Labute approximate surface area is 300 Å². The van der Waals surface area contributed by atoms with Crippen molar-refractivity contribution in [1.82, 2.24) is 5.32 Å². The second-order valence-electron chi connectivity index (χ2n) is 13.5. The first-order chi connectivity index (χ1) is 23.5. The minimum Gasteiger partial charge on any atom is -0.480 e. The zero-order chi connectivity index (χ0) is 37.1. The molecule has 4 N–H and O–H groups in total. The summed E-state index contributed by atoms with van der Waals surface area (Å²) in [5, 5.41) is 31.3. The third kappa shape index (κ3) is 11.5.